The highest BCUT2D eigenvalue weighted by atomic mass is 127. The molecule has 3 aromatic rings. The highest BCUT2D eigenvalue weighted by Gasteiger charge is 2.04. The molecule has 0 fully saturated rings. The molecule has 0 unspecified atom stereocenters. The Morgan fingerprint density at radius 1 is 0.931 bits per heavy atom. The van der Waals surface area contributed by atoms with E-state index in [0.29, 0.717) is 24.9 Å². The summed E-state index contributed by atoms with van der Waals surface area (Å²) in [4.78, 5) is 12.8. The number of rotatable bonds is 6. The van der Waals surface area contributed by atoms with E-state index in [9.17, 15) is 0 Å². The number of hydrogen-bond acceptors (Lipinski definition) is 4. The maximum atomic E-state index is 5.90. The number of ether oxygens (including phenoxy) is 1. The summed E-state index contributed by atoms with van der Waals surface area (Å²) in [5, 5.41) is 6.54. The van der Waals surface area contributed by atoms with E-state index in [1.54, 1.807) is 19.4 Å². The molecule has 0 saturated carbocycles. The fraction of sp³-hybridized carbons (Fsp3) is 0.227. The van der Waals surface area contributed by atoms with Crippen LogP contribution in [0, 0.1) is 13.8 Å². The van der Waals surface area contributed by atoms with E-state index in [0.717, 1.165) is 17.0 Å². The Kier molecular flexibility index (Phi) is 8.85. The van der Waals surface area contributed by atoms with Crippen molar-refractivity contribution in [3.63, 3.8) is 0 Å². The van der Waals surface area contributed by atoms with Crippen LogP contribution < -0.4 is 15.4 Å². The lowest BCUT2D eigenvalue weighted by Gasteiger charge is -2.12. The predicted octanol–water partition coefficient (Wildman–Crippen LogP) is 4.37. The number of halogens is 1. The van der Waals surface area contributed by atoms with Gasteiger partial charge in [0, 0.05) is 32.1 Å². The van der Waals surface area contributed by atoms with Crippen LogP contribution in [0.3, 0.4) is 0 Å². The lowest BCUT2D eigenvalue weighted by atomic mass is 10.1. The first-order valence-corrected chi connectivity index (χ1v) is 9.18. The second kappa shape index (κ2) is 11.4. The summed E-state index contributed by atoms with van der Waals surface area (Å²) in [5.74, 6) is 2.06. The van der Waals surface area contributed by atoms with Gasteiger partial charge >= 0.3 is 0 Å². The minimum Gasteiger partial charge on any atom is -0.439 e. The van der Waals surface area contributed by atoms with Gasteiger partial charge in [0.05, 0.1) is 12.2 Å². The summed E-state index contributed by atoms with van der Waals surface area (Å²) >= 11 is 0. The molecule has 6 nitrogen and oxygen atoms in total. The summed E-state index contributed by atoms with van der Waals surface area (Å²) in [6, 6.07) is 15.7. The second-order valence-corrected chi connectivity index (χ2v) is 6.45. The highest BCUT2D eigenvalue weighted by molar-refractivity contribution is 14.0. The molecule has 2 N–H and O–H groups in total. The van der Waals surface area contributed by atoms with Gasteiger partial charge in [-0.1, -0.05) is 12.1 Å². The lowest BCUT2D eigenvalue weighted by Crippen LogP contribution is -2.36. The molecular weight excluding hydrogens is 477 g/mol. The average molecular weight is 503 g/mol. The van der Waals surface area contributed by atoms with E-state index in [-0.39, 0.29) is 24.0 Å². The SMILES string of the molecule is CN=C(NCc1ccnc(Oc2ccc(C)c(C)c2)c1)NCc1ccccn1.I. The Balaban J connectivity index is 0.00000300. The van der Waals surface area contributed by atoms with E-state index in [4.69, 9.17) is 4.74 Å². The Bertz CT molecular complexity index is 947. The molecule has 0 atom stereocenters. The van der Waals surface area contributed by atoms with Gasteiger partial charge in [0.1, 0.15) is 5.75 Å². The summed E-state index contributed by atoms with van der Waals surface area (Å²) in [6.07, 6.45) is 3.53. The number of pyridine rings is 2. The third-order valence-electron chi connectivity index (χ3n) is 4.35. The first-order valence-electron chi connectivity index (χ1n) is 9.18. The average Bonchev–Trinajstić information content (AvgIpc) is 2.72. The molecule has 0 radical (unpaired) electrons. The molecule has 0 amide bonds. The number of guanidine groups is 1. The summed E-state index contributed by atoms with van der Waals surface area (Å²) in [7, 11) is 1.74. The quantitative estimate of drug-likeness (QED) is 0.297. The van der Waals surface area contributed by atoms with Crippen LogP contribution in [-0.4, -0.2) is 23.0 Å². The van der Waals surface area contributed by atoms with Crippen molar-refractivity contribution in [3.05, 3.63) is 83.3 Å². The number of aryl methyl sites for hydroxylation is 2. The normalized spacial score (nSPS) is 10.8. The summed E-state index contributed by atoms with van der Waals surface area (Å²) in [5.41, 5.74) is 4.44. The van der Waals surface area contributed by atoms with Crippen LogP contribution in [0.15, 0.2) is 65.9 Å². The molecule has 152 valence electrons. The zero-order valence-corrected chi connectivity index (χ0v) is 19.2. The van der Waals surface area contributed by atoms with E-state index in [1.807, 2.05) is 48.5 Å². The summed E-state index contributed by atoms with van der Waals surface area (Å²) in [6.45, 7) is 5.36. The molecule has 0 bridgehead atoms. The molecule has 2 heterocycles. The fourth-order valence-electron chi connectivity index (χ4n) is 2.60. The standard InChI is InChI=1S/C22H25N5O.HI/c1-16-7-8-20(12-17(16)2)28-21-13-18(9-11-25-21)14-26-22(23-3)27-15-19-6-4-5-10-24-19;/h4-13H,14-15H2,1-3H3,(H2,23,26,27);1H. The number of benzene rings is 1. The van der Waals surface area contributed by atoms with E-state index in [2.05, 4.69) is 39.4 Å². The van der Waals surface area contributed by atoms with Crippen LogP contribution in [0.2, 0.25) is 0 Å². The Morgan fingerprint density at radius 3 is 2.48 bits per heavy atom. The molecule has 0 aliphatic rings. The van der Waals surface area contributed by atoms with Crippen LogP contribution in [0.25, 0.3) is 0 Å². The third kappa shape index (κ3) is 7.01. The molecule has 2 aromatic heterocycles. The molecule has 3 rings (SSSR count). The number of aliphatic imine (C=N–C) groups is 1. The number of nitrogens with zero attached hydrogens (tertiary/aromatic N) is 3. The van der Waals surface area contributed by atoms with Crippen molar-refractivity contribution in [3.8, 4) is 11.6 Å². The van der Waals surface area contributed by atoms with Crippen molar-refractivity contribution in [1.29, 1.82) is 0 Å². The van der Waals surface area contributed by atoms with Crippen molar-refractivity contribution < 1.29 is 4.74 Å². The third-order valence-corrected chi connectivity index (χ3v) is 4.35. The van der Waals surface area contributed by atoms with Gasteiger partial charge in [0.2, 0.25) is 5.88 Å². The van der Waals surface area contributed by atoms with Gasteiger partial charge < -0.3 is 15.4 Å². The zero-order valence-electron chi connectivity index (χ0n) is 16.8. The Morgan fingerprint density at radius 2 is 1.76 bits per heavy atom. The monoisotopic (exact) mass is 503 g/mol. The topological polar surface area (TPSA) is 71.4 Å². The van der Waals surface area contributed by atoms with Gasteiger partial charge in [-0.05, 0) is 60.9 Å². The molecule has 0 spiro atoms. The van der Waals surface area contributed by atoms with Crippen LogP contribution in [0.4, 0.5) is 0 Å². The predicted molar refractivity (Wildman–Crippen MR) is 127 cm³/mol. The number of nitrogens with one attached hydrogen (secondary N) is 2. The van der Waals surface area contributed by atoms with E-state index in [1.165, 1.54) is 11.1 Å². The van der Waals surface area contributed by atoms with E-state index >= 15 is 0 Å². The van der Waals surface area contributed by atoms with Crippen molar-refractivity contribution in [1.82, 2.24) is 20.6 Å². The number of hydrogen-bond donors (Lipinski definition) is 2. The fourth-order valence-corrected chi connectivity index (χ4v) is 2.60. The molecule has 29 heavy (non-hydrogen) atoms. The van der Waals surface area contributed by atoms with Gasteiger partial charge in [-0.25, -0.2) is 4.98 Å². The molecule has 0 aliphatic carbocycles. The first kappa shape index (κ1) is 22.6. The van der Waals surface area contributed by atoms with Gasteiger partial charge in [-0.3, -0.25) is 9.98 Å². The molecule has 1 aromatic carbocycles. The number of aromatic nitrogens is 2. The Hall–Kier alpha value is -2.68. The maximum Gasteiger partial charge on any atom is 0.219 e. The van der Waals surface area contributed by atoms with Crippen molar-refractivity contribution in [2.75, 3.05) is 7.05 Å². The van der Waals surface area contributed by atoms with Gasteiger partial charge in [-0.2, -0.15) is 0 Å². The Labute approximate surface area is 188 Å². The van der Waals surface area contributed by atoms with Gasteiger partial charge in [0.15, 0.2) is 5.96 Å². The second-order valence-electron chi connectivity index (χ2n) is 6.45. The molecule has 0 aliphatic heterocycles. The molecule has 7 heteroatoms. The smallest absolute Gasteiger partial charge is 0.219 e. The van der Waals surface area contributed by atoms with Crippen LogP contribution in [-0.2, 0) is 13.1 Å². The largest absolute Gasteiger partial charge is 0.439 e. The van der Waals surface area contributed by atoms with Gasteiger partial charge in [-0.15, -0.1) is 24.0 Å². The molecule has 0 saturated heterocycles. The van der Waals surface area contributed by atoms with Crippen LogP contribution in [0.1, 0.15) is 22.4 Å². The van der Waals surface area contributed by atoms with Crippen molar-refractivity contribution >= 4 is 29.9 Å². The first-order chi connectivity index (χ1) is 13.6. The van der Waals surface area contributed by atoms with Crippen LogP contribution >= 0.6 is 24.0 Å². The van der Waals surface area contributed by atoms with Crippen molar-refractivity contribution in [2.45, 2.75) is 26.9 Å². The lowest BCUT2D eigenvalue weighted by molar-refractivity contribution is 0.461. The minimum absolute atomic E-state index is 0. The van der Waals surface area contributed by atoms with E-state index < -0.39 is 0 Å². The molecular formula is C22H26IN5O. The van der Waals surface area contributed by atoms with Crippen molar-refractivity contribution in [2.24, 2.45) is 4.99 Å². The van der Waals surface area contributed by atoms with Crippen LogP contribution in [0.5, 0.6) is 11.6 Å². The minimum atomic E-state index is 0. The summed E-state index contributed by atoms with van der Waals surface area (Å²) < 4.78 is 5.90. The highest BCUT2D eigenvalue weighted by Crippen LogP contribution is 2.22. The zero-order chi connectivity index (χ0) is 19.8. The maximum absolute atomic E-state index is 5.90. The van der Waals surface area contributed by atoms with Gasteiger partial charge in [0.25, 0.3) is 0 Å².